The number of pyridine rings is 1. The highest BCUT2D eigenvalue weighted by Crippen LogP contribution is 2.19. The summed E-state index contributed by atoms with van der Waals surface area (Å²) in [6.07, 6.45) is 3.21. The lowest BCUT2D eigenvalue weighted by molar-refractivity contribution is 0.101. The molecule has 0 spiro atoms. The Balaban J connectivity index is 1.82. The number of ketones is 1. The molecule has 0 saturated carbocycles. The average Bonchev–Trinajstić information content (AvgIpc) is 2.69. The third-order valence-corrected chi connectivity index (χ3v) is 3.99. The molecule has 138 valence electrons. The van der Waals surface area contributed by atoms with Gasteiger partial charge in [-0.2, -0.15) is 0 Å². The van der Waals surface area contributed by atoms with Gasteiger partial charge in [-0.05, 0) is 30.3 Å². The van der Waals surface area contributed by atoms with E-state index in [4.69, 9.17) is 4.74 Å². The van der Waals surface area contributed by atoms with E-state index in [9.17, 15) is 14.0 Å². The lowest BCUT2D eigenvalue weighted by Gasteiger charge is -2.11. The minimum atomic E-state index is -0.545. The molecule has 0 atom stereocenters. The monoisotopic (exact) mass is 368 g/mol. The maximum absolute atomic E-state index is 13.5. The minimum Gasteiger partial charge on any atom is -0.494 e. The van der Waals surface area contributed by atoms with Gasteiger partial charge in [0, 0.05) is 36.6 Å². The van der Waals surface area contributed by atoms with Crippen LogP contribution in [-0.2, 0) is 7.05 Å². The molecule has 27 heavy (non-hydrogen) atoms. The molecule has 0 fully saturated rings. The normalized spacial score (nSPS) is 10.5. The molecule has 0 aliphatic rings. The van der Waals surface area contributed by atoms with E-state index in [2.05, 4.69) is 15.3 Å². The van der Waals surface area contributed by atoms with Crippen molar-refractivity contribution >= 4 is 11.7 Å². The van der Waals surface area contributed by atoms with Crippen LogP contribution in [0.2, 0.25) is 0 Å². The predicted octanol–water partition coefficient (Wildman–Crippen LogP) is 2.28. The molecule has 3 rings (SSSR count). The smallest absolute Gasteiger partial charge is 0.255 e. The quantitative estimate of drug-likeness (QED) is 0.672. The average molecular weight is 368 g/mol. The number of anilines is 1. The predicted molar refractivity (Wildman–Crippen MR) is 98.5 cm³/mol. The number of benzene rings is 1. The SMILES string of the molecule is COc1cc(C(=O)CNc2nc(-c3ccncc3)cc(=O)n2C)ccc1F. The molecule has 0 amide bonds. The molecule has 7 nitrogen and oxygen atoms in total. The summed E-state index contributed by atoms with van der Waals surface area (Å²) in [5.74, 6) is -0.601. The van der Waals surface area contributed by atoms with E-state index in [0.717, 1.165) is 5.56 Å². The highest BCUT2D eigenvalue weighted by Gasteiger charge is 2.12. The van der Waals surface area contributed by atoms with Gasteiger partial charge in [-0.1, -0.05) is 0 Å². The Bertz CT molecular complexity index is 1030. The van der Waals surface area contributed by atoms with Crippen molar-refractivity contribution in [3.63, 3.8) is 0 Å². The van der Waals surface area contributed by atoms with E-state index < -0.39 is 5.82 Å². The molecule has 0 radical (unpaired) electrons. The fraction of sp³-hybridized carbons (Fsp3) is 0.158. The number of rotatable bonds is 6. The van der Waals surface area contributed by atoms with Crippen LogP contribution in [0.25, 0.3) is 11.3 Å². The Morgan fingerprint density at radius 3 is 2.67 bits per heavy atom. The van der Waals surface area contributed by atoms with E-state index in [-0.39, 0.29) is 35.1 Å². The minimum absolute atomic E-state index is 0.00828. The van der Waals surface area contributed by atoms with Crippen LogP contribution in [0.5, 0.6) is 5.75 Å². The van der Waals surface area contributed by atoms with Gasteiger partial charge < -0.3 is 10.1 Å². The van der Waals surface area contributed by atoms with Crippen LogP contribution in [0.15, 0.2) is 53.6 Å². The lowest BCUT2D eigenvalue weighted by Crippen LogP contribution is -2.24. The molecule has 0 aliphatic heterocycles. The number of methoxy groups -OCH3 is 1. The van der Waals surface area contributed by atoms with Gasteiger partial charge in [0.15, 0.2) is 17.3 Å². The van der Waals surface area contributed by atoms with Crippen molar-refractivity contribution in [2.75, 3.05) is 19.0 Å². The summed E-state index contributed by atoms with van der Waals surface area (Å²) in [6.45, 7) is -0.116. The summed E-state index contributed by atoms with van der Waals surface area (Å²) in [5.41, 5.74) is 1.23. The highest BCUT2D eigenvalue weighted by atomic mass is 19.1. The number of halogens is 1. The van der Waals surface area contributed by atoms with Crippen molar-refractivity contribution in [1.82, 2.24) is 14.5 Å². The Labute approximate surface area is 154 Å². The summed E-state index contributed by atoms with van der Waals surface area (Å²) < 4.78 is 19.7. The third-order valence-electron chi connectivity index (χ3n) is 3.99. The topological polar surface area (TPSA) is 86.1 Å². The molecule has 3 aromatic rings. The lowest BCUT2D eigenvalue weighted by atomic mass is 10.1. The Morgan fingerprint density at radius 2 is 1.96 bits per heavy atom. The Hall–Kier alpha value is -3.55. The number of Topliss-reactive ketones (excluding diaryl/α,β-unsaturated/α-hetero) is 1. The Morgan fingerprint density at radius 1 is 1.22 bits per heavy atom. The van der Waals surface area contributed by atoms with Gasteiger partial charge in [0.25, 0.3) is 5.56 Å². The first kappa shape index (κ1) is 18.2. The van der Waals surface area contributed by atoms with Crippen molar-refractivity contribution in [1.29, 1.82) is 0 Å². The van der Waals surface area contributed by atoms with Gasteiger partial charge >= 0.3 is 0 Å². The first-order valence-electron chi connectivity index (χ1n) is 8.08. The van der Waals surface area contributed by atoms with Crippen LogP contribution in [0.3, 0.4) is 0 Å². The fourth-order valence-electron chi connectivity index (χ4n) is 2.46. The summed E-state index contributed by atoms with van der Waals surface area (Å²) in [7, 11) is 2.88. The Kier molecular flexibility index (Phi) is 5.25. The summed E-state index contributed by atoms with van der Waals surface area (Å²) in [6, 6.07) is 8.77. The maximum Gasteiger partial charge on any atom is 0.255 e. The van der Waals surface area contributed by atoms with Crippen LogP contribution in [0.1, 0.15) is 10.4 Å². The van der Waals surface area contributed by atoms with Crippen LogP contribution in [-0.4, -0.2) is 34.0 Å². The number of nitrogens with one attached hydrogen (secondary N) is 1. The van der Waals surface area contributed by atoms with Gasteiger partial charge in [0.2, 0.25) is 5.95 Å². The molecular formula is C19H17FN4O3. The number of hydrogen-bond acceptors (Lipinski definition) is 6. The van der Waals surface area contributed by atoms with E-state index in [1.54, 1.807) is 31.6 Å². The van der Waals surface area contributed by atoms with E-state index in [1.807, 2.05) is 0 Å². The van der Waals surface area contributed by atoms with E-state index in [1.165, 1.54) is 35.9 Å². The first-order chi connectivity index (χ1) is 13.0. The van der Waals surface area contributed by atoms with Crippen molar-refractivity contribution in [3.8, 4) is 17.0 Å². The molecule has 0 bridgehead atoms. The number of aromatic nitrogens is 3. The van der Waals surface area contributed by atoms with E-state index >= 15 is 0 Å². The zero-order chi connectivity index (χ0) is 19.4. The van der Waals surface area contributed by atoms with Gasteiger partial charge in [0.05, 0.1) is 19.3 Å². The first-order valence-corrected chi connectivity index (χ1v) is 8.08. The second kappa shape index (κ2) is 7.77. The van der Waals surface area contributed by atoms with E-state index in [0.29, 0.717) is 5.69 Å². The molecule has 1 aromatic carbocycles. The molecule has 2 aromatic heterocycles. The summed E-state index contributed by atoms with van der Waals surface area (Å²) >= 11 is 0. The number of ether oxygens (including phenoxy) is 1. The van der Waals surface area contributed by atoms with Crippen molar-refractivity contribution in [3.05, 3.63) is 70.5 Å². The molecule has 8 heteroatoms. The fourth-order valence-corrected chi connectivity index (χ4v) is 2.46. The second-order valence-electron chi connectivity index (χ2n) is 5.72. The van der Waals surface area contributed by atoms with Crippen LogP contribution < -0.4 is 15.6 Å². The van der Waals surface area contributed by atoms with Gasteiger partial charge in [-0.25, -0.2) is 9.37 Å². The van der Waals surface area contributed by atoms with Gasteiger partial charge in [-0.15, -0.1) is 0 Å². The second-order valence-corrected chi connectivity index (χ2v) is 5.72. The molecule has 2 heterocycles. The summed E-state index contributed by atoms with van der Waals surface area (Å²) in [5, 5.41) is 2.87. The number of hydrogen-bond donors (Lipinski definition) is 1. The standard InChI is InChI=1S/C19H17FN4O3/c1-24-18(26)10-15(12-5-7-21-8-6-12)23-19(24)22-11-16(25)13-3-4-14(20)17(9-13)27-2/h3-10H,11H2,1-2H3,(H,22,23). The largest absolute Gasteiger partial charge is 0.494 e. The molecule has 0 saturated heterocycles. The van der Waals surface area contributed by atoms with Crippen LogP contribution in [0, 0.1) is 5.82 Å². The zero-order valence-electron chi connectivity index (χ0n) is 14.8. The number of carbonyl (C=O) groups excluding carboxylic acids is 1. The van der Waals surface area contributed by atoms with Crippen LogP contribution in [0.4, 0.5) is 10.3 Å². The maximum atomic E-state index is 13.5. The molecule has 0 aliphatic carbocycles. The molecule has 0 unspecified atom stereocenters. The van der Waals surface area contributed by atoms with Crippen molar-refractivity contribution in [2.24, 2.45) is 7.05 Å². The summed E-state index contributed by atoms with van der Waals surface area (Å²) in [4.78, 5) is 32.9. The van der Waals surface area contributed by atoms with Gasteiger partial charge in [-0.3, -0.25) is 19.1 Å². The molecule has 1 N–H and O–H groups in total. The van der Waals surface area contributed by atoms with Gasteiger partial charge in [0.1, 0.15) is 0 Å². The number of carbonyl (C=O) groups is 1. The highest BCUT2D eigenvalue weighted by molar-refractivity contribution is 5.99. The third kappa shape index (κ3) is 4.00. The van der Waals surface area contributed by atoms with Crippen LogP contribution >= 0.6 is 0 Å². The van der Waals surface area contributed by atoms with Crippen molar-refractivity contribution < 1.29 is 13.9 Å². The van der Waals surface area contributed by atoms with Crippen molar-refractivity contribution in [2.45, 2.75) is 0 Å². The zero-order valence-corrected chi connectivity index (χ0v) is 14.8. The number of nitrogens with zero attached hydrogens (tertiary/aromatic N) is 3. The molecular weight excluding hydrogens is 351 g/mol.